The molecule has 0 unspecified atom stereocenters. The maximum Gasteiger partial charge on any atom is 0.573 e. The first-order valence-corrected chi connectivity index (χ1v) is 10.6. The lowest BCUT2D eigenvalue weighted by Gasteiger charge is -2.34. The van der Waals surface area contributed by atoms with E-state index in [4.69, 9.17) is 5.41 Å². The molecule has 0 aliphatic carbocycles. The normalized spacial score (nSPS) is 15.7. The van der Waals surface area contributed by atoms with Crippen LogP contribution in [-0.2, 0) is 13.1 Å². The van der Waals surface area contributed by atoms with Crippen LogP contribution in [0.15, 0.2) is 48.5 Å². The molecule has 1 saturated heterocycles. The zero-order chi connectivity index (χ0) is 21.1. The topological polar surface area (TPSA) is 44.5 Å². The van der Waals surface area contributed by atoms with E-state index in [1.54, 1.807) is 6.07 Å². The van der Waals surface area contributed by atoms with Crippen LogP contribution in [-0.4, -0.2) is 53.5 Å². The predicted octanol–water partition coefficient (Wildman–Crippen LogP) is 4.32. The number of fused-ring (bicyclic) bond motifs is 1. The fourth-order valence-electron chi connectivity index (χ4n) is 3.74. The number of hydrogen-bond acceptors (Lipinski definition) is 5. The molecule has 0 amide bonds. The van der Waals surface area contributed by atoms with Gasteiger partial charge in [0.25, 0.3) is 0 Å². The highest BCUT2D eigenvalue weighted by atomic mass is 35.5. The predicted molar refractivity (Wildman–Crippen MR) is 118 cm³/mol. The molecule has 0 bridgehead atoms. The van der Waals surface area contributed by atoms with Crippen LogP contribution in [0.25, 0.3) is 10.2 Å². The second-order valence-corrected chi connectivity index (χ2v) is 8.37. The van der Waals surface area contributed by atoms with E-state index >= 15 is 0 Å². The molecule has 1 fully saturated rings. The van der Waals surface area contributed by atoms with Crippen molar-refractivity contribution in [2.45, 2.75) is 19.5 Å². The highest BCUT2D eigenvalue weighted by Gasteiger charge is 2.31. The fraction of sp³-hybridized carbons (Fsp3) is 0.381. The van der Waals surface area contributed by atoms with E-state index in [-0.39, 0.29) is 18.2 Å². The summed E-state index contributed by atoms with van der Waals surface area (Å²) in [5, 5.41) is 8.22. The fourth-order valence-corrected chi connectivity index (χ4v) is 4.71. The van der Waals surface area contributed by atoms with Crippen LogP contribution in [0.4, 0.5) is 13.2 Å². The third kappa shape index (κ3) is 6.22. The van der Waals surface area contributed by atoms with Gasteiger partial charge in [-0.25, -0.2) is 0 Å². The minimum atomic E-state index is -4.71. The first kappa shape index (κ1) is 23.6. The zero-order valence-electron chi connectivity index (χ0n) is 16.8. The molecule has 10 heteroatoms. The summed E-state index contributed by atoms with van der Waals surface area (Å²) in [5.41, 5.74) is 2.08. The number of nitrogens with zero attached hydrogens (tertiary/aromatic N) is 3. The van der Waals surface area contributed by atoms with Crippen molar-refractivity contribution in [1.29, 1.82) is 5.41 Å². The Morgan fingerprint density at radius 3 is 2.29 bits per heavy atom. The maximum atomic E-state index is 12.4. The zero-order valence-corrected chi connectivity index (χ0v) is 18.4. The van der Waals surface area contributed by atoms with Crippen molar-refractivity contribution in [3.63, 3.8) is 0 Å². The molecule has 1 aromatic heterocycles. The van der Waals surface area contributed by atoms with E-state index in [1.165, 1.54) is 17.7 Å². The van der Waals surface area contributed by atoms with Crippen molar-refractivity contribution in [3.8, 4) is 5.75 Å². The molecular formula is C21H24ClF3N4OS. The molecule has 0 atom stereocenters. The average molecular weight is 473 g/mol. The van der Waals surface area contributed by atoms with Crippen LogP contribution >= 0.6 is 23.7 Å². The first-order chi connectivity index (χ1) is 14.4. The van der Waals surface area contributed by atoms with Gasteiger partial charge >= 0.3 is 6.36 Å². The molecule has 0 saturated carbocycles. The van der Waals surface area contributed by atoms with Crippen LogP contribution in [0.5, 0.6) is 5.75 Å². The Balaban J connectivity index is 0.00000272. The number of rotatable bonds is 6. The van der Waals surface area contributed by atoms with Gasteiger partial charge in [-0.1, -0.05) is 41.7 Å². The highest BCUT2D eigenvalue weighted by molar-refractivity contribution is 7.16. The number of benzene rings is 2. The molecule has 2 aromatic carbocycles. The summed E-state index contributed by atoms with van der Waals surface area (Å²) in [4.78, 5) is 5.15. The molecule has 4 rings (SSSR count). The van der Waals surface area contributed by atoms with Crippen molar-refractivity contribution < 1.29 is 17.9 Å². The molecule has 2 heterocycles. The molecule has 168 valence electrons. The van der Waals surface area contributed by atoms with E-state index in [9.17, 15) is 13.2 Å². The third-order valence-electron chi connectivity index (χ3n) is 5.26. The quantitative estimate of drug-likeness (QED) is 0.581. The van der Waals surface area contributed by atoms with Crippen LogP contribution in [0.3, 0.4) is 0 Å². The summed E-state index contributed by atoms with van der Waals surface area (Å²) in [7, 11) is 0. The monoisotopic (exact) mass is 472 g/mol. The van der Waals surface area contributed by atoms with Crippen LogP contribution < -0.4 is 9.54 Å². The van der Waals surface area contributed by atoms with Gasteiger partial charge in [-0.15, -0.1) is 25.6 Å². The van der Waals surface area contributed by atoms with Gasteiger partial charge in [-0.2, -0.15) is 0 Å². The van der Waals surface area contributed by atoms with Gasteiger partial charge in [0.2, 0.25) is 0 Å². The maximum absolute atomic E-state index is 12.4. The lowest BCUT2D eigenvalue weighted by Crippen LogP contribution is -2.46. The van der Waals surface area contributed by atoms with Gasteiger partial charge < -0.3 is 9.30 Å². The van der Waals surface area contributed by atoms with Gasteiger partial charge in [0.05, 0.1) is 10.2 Å². The van der Waals surface area contributed by atoms with Crippen LogP contribution in [0.1, 0.15) is 5.56 Å². The Kier molecular flexibility index (Phi) is 7.64. The second kappa shape index (κ2) is 10.0. The number of aromatic nitrogens is 1. The van der Waals surface area contributed by atoms with Crippen LogP contribution in [0.2, 0.25) is 0 Å². The SMILES string of the molecule is Cl.N=c1sc2cc(OC(F)(F)F)ccc2n1CCN1CCN(Cc2ccccc2)CC1. The van der Waals surface area contributed by atoms with Crippen molar-refractivity contribution >= 4 is 34.0 Å². The minimum absolute atomic E-state index is 0. The summed E-state index contributed by atoms with van der Waals surface area (Å²) in [6.45, 7) is 6.32. The number of piperazine rings is 1. The summed E-state index contributed by atoms with van der Waals surface area (Å²) < 4.78 is 43.8. The minimum Gasteiger partial charge on any atom is -0.406 e. The largest absolute Gasteiger partial charge is 0.573 e. The third-order valence-corrected chi connectivity index (χ3v) is 6.22. The molecule has 5 nitrogen and oxygen atoms in total. The number of thiazole rings is 1. The average Bonchev–Trinajstić information content (AvgIpc) is 3.01. The van der Waals surface area contributed by atoms with Gasteiger partial charge in [0.1, 0.15) is 5.75 Å². The van der Waals surface area contributed by atoms with Gasteiger partial charge in [-0.05, 0) is 23.8 Å². The van der Waals surface area contributed by atoms with Crippen molar-refractivity contribution in [1.82, 2.24) is 14.4 Å². The lowest BCUT2D eigenvalue weighted by atomic mass is 10.2. The molecule has 1 aliphatic heterocycles. The summed E-state index contributed by atoms with van der Waals surface area (Å²) in [6.07, 6.45) is -4.71. The van der Waals surface area contributed by atoms with Crippen molar-refractivity contribution in [2.24, 2.45) is 0 Å². The van der Waals surface area contributed by atoms with Gasteiger partial charge in [0, 0.05) is 45.8 Å². The van der Waals surface area contributed by atoms with Crippen LogP contribution in [0, 0.1) is 5.41 Å². The Morgan fingerprint density at radius 1 is 0.935 bits per heavy atom. The second-order valence-electron chi connectivity index (χ2n) is 7.34. The molecular weight excluding hydrogens is 449 g/mol. The number of ether oxygens (including phenoxy) is 1. The molecule has 0 radical (unpaired) electrons. The van der Waals surface area contributed by atoms with E-state index in [0.717, 1.165) is 56.1 Å². The van der Waals surface area contributed by atoms with E-state index in [2.05, 4.69) is 38.8 Å². The number of nitrogens with one attached hydrogen (secondary N) is 1. The molecule has 0 spiro atoms. The highest BCUT2D eigenvalue weighted by Crippen LogP contribution is 2.27. The number of halogens is 4. The Bertz CT molecular complexity index is 1050. The van der Waals surface area contributed by atoms with E-state index < -0.39 is 6.36 Å². The van der Waals surface area contributed by atoms with Gasteiger partial charge in [0.15, 0.2) is 4.80 Å². The summed E-state index contributed by atoms with van der Waals surface area (Å²) in [6, 6.07) is 14.7. The smallest absolute Gasteiger partial charge is 0.406 e. The standard InChI is InChI=1S/C21H23F3N4OS.ClH/c22-21(23,24)29-17-6-7-18-19(14-17)30-20(25)28(18)13-12-26-8-10-27(11-9-26)15-16-4-2-1-3-5-16;/h1-7,14,25H,8-13,15H2;1H. The summed E-state index contributed by atoms with van der Waals surface area (Å²) >= 11 is 1.16. The van der Waals surface area contributed by atoms with Crippen molar-refractivity contribution in [2.75, 3.05) is 32.7 Å². The number of alkyl halides is 3. The van der Waals surface area contributed by atoms with E-state index in [0.29, 0.717) is 16.0 Å². The molecule has 1 N–H and O–H groups in total. The Morgan fingerprint density at radius 2 is 1.61 bits per heavy atom. The van der Waals surface area contributed by atoms with E-state index in [1.807, 2.05) is 10.6 Å². The molecule has 1 aliphatic rings. The molecule has 31 heavy (non-hydrogen) atoms. The summed E-state index contributed by atoms with van der Waals surface area (Å²) in [5.74, 6) is -0.252. The molecule has 3 aromatic rings. The Labute approximate surface area is 188 Å². The van der Waals surface area contributed by atoms with Gasteiger partial charge in [-0.3, -0.25) is 15.2 Å². The first-order valence-electron chi connectivity index (χ1n) is 9.80. The Hall–Kier alpha value is -2.07. The lowest BCUT2D eigenvalue weighted by molar-refractivity contribution is -0.274. The van der Waals surface area contributed by atoms with Crippen molar-refractivity contribution in [3.05, 3.63) is 58.9 Å². The number of hydrogen-bond donors (Lipinski definition) is 1.